The van der Waals surface area contributed by atoms with E-state index in [1.807, 2.05) is 25.1 Å². The minimum Gasteiger partial charge on any atom is -0.394 e. The normalized spacial score (nSPS) is 26.3. The Morgan fingerprint density at radius 1 is 1.45 bits per heavy atom. The molecule has 1 fully saturated rings. The Labute approximate surface area is 128 Å². The third kappa shape index (κ3) is 3.41. The number of aliphatic hydroxyl groups excluding tert-OH is 1. The first kappa shape index (κ1) is 15.5. The molecule has 4 heteroatoms. The van der Waals surface area contributed by atoms with Crippen LogP contribution < -0.4 is 5.32 Å². The summed E-state index contributed by atoms with van der Waals surface area (Å²) >= 11 is 3.44. The minimum absolute atomic E-state index is 0.00887. The van der Waals surface area contributed by atoms with Gasteiger partial charge in [0.15, 0.2) is 0 Å². The molecule has 0 heterocycles. The van der Waals surface area contributed by atoms with Crippen molar-refractivity contribution in [3.8, 4) is 0 Å². The zero-order valence-electron chi connectivity index (χ0n) is 12.1. The quantitative estimate of drug-likeness (QED) is 0.886. The van der Waals surface area contributed by atoms with Gasteiger partial charge in [0.1, 0.15) is 0 Å². The van der Waals surface area contributed by atoms with Crippen LogP contribution >= 0.6 is 15.9 Å². The summed E-state index contributed by atoms with van der Waals surface area (Å²) in [5.74, 6) is 0.568. The van der Waals surface area contributed by atoms with E-state index in [9.17, 15) is 9.90 Å². The lowest BCUT2D eigenvalue weighted by molar-refractivity contribution is 0.0716. The van der Waals surface area contributed by atoms with Crippen molar-refractivity contribution in [3.63, 3.8) is 0 Å². The number of halogens is 1. The van der Waals surface area contributed by atoms with Gasteiger partial charge in [0, 0.05) is 4.47 Å². The second kappa shape index (κ2) is 6.27. The largest absolute Gasteiger partial charge is 0.394 e. The van der Waals surface area contributed by atoms with Gasteiger partial charge in [-0.15, -0.1) is 0 Å². The highest BCUT2D eigenvalue weighted by Gasteiger charge is 2.35. The lowest BCUT2D eigenvalue weighted by Gasteiger charge is -2.38. The summed E-state index contributed by atoms with van der Waals surface area (Å²) < 4.78 is 0.798. The topological polar surface area (TPSA) is 49.3 Å². The molecule has 0 spiro atoms. The molecule has 0 saturated heterocycles. The maximum absolute atomic E-state index is 12.4. The van der Waals surface area contributed by atoms with Crippen molar-refractivity contribution in [2.75, 3.05) is 6.61 Å². The Morgan fingerprint density at radius 3 is 2.65 bits per heavy atom. The lowest BCUT2D eigenvalue weighted by Crippen LogP contribution is -2.53. The maximum atomic E-state index is 12.4. The first-order chi connectivity index (χ1) is 9.46. The third-order valence-corrected chi connectivity index (χ3v) is 4.94. The molecule has 0 radical (unpaired) electrons. The van der Waals surface area contributed by atoms with Gasteiger partial charge in [-0.3, -0.25) is 4.79 Å². The second-order valence-corrected chi connectivity index (χ2v) is 6.91. The van der Waals surface area contributed by atoms with E-state index in [2.05, 4.69) is 28.2 Å². The van der Waals surface area contributed by atoms with E-state index in [0.29, 0.717) is 11.5 Å². The highest BCUT2D eigenvalue weighted by molar-refractivity contribution is 9.10. The van der Waals surface area contributed by atoms with E-state index >= 15 is 0 Å². The van der Waals surface area contributed by atoms with E-state index < -0.39 is 5.54 Å². The van der Waals surface area contributed by atoms with Crippen molar-refractivity contribution in [1.82, 2.24) is 5.32 Å². The van der Waals surface area contributed by atoms with Crippen LogP contribution in [0, 0.1) is 12.8 Å². The average molecular weight is 340 g/mol. The summed E-state index contributed by atoms with van der Waals surface area (Å²) in [7, 11) is 0. The number of nitrogens with one attached hydrogen (secondary N) is 1. The first-order valence-electron chi connectivity index (χ1n) is 7.15. The predicted octanol–water partition coefficient (Wildman–Crippen LogP) is 3.43. The van der Waals surface area contributed by atoms with Crippen LogP contribution in [-0.4, -0.2) is 23.2 Å². The molecule has 0 atom stereocenters. The summed E-state index contributed by atoms with van der Waals surface area (Å²) in [5.41, 5.74) is 1.28. The minimum atomic E-state index is -0.450. The number of carbonyl (C=O) groups is 1. The number of hydrogen-bond donors (Lipinski definition) is 2. The molecule has 1 aliphatic carbocycles. The van der Waals surface area contributed by atoms with E-state index in [1.165, 1.54) is 0 Å². The number of aliphatic hydroxyl groups is 1. The fraction of sp³-hybridized carbons (Fsp3) is 0.562. The molecule has 1 aliphatic rings. The number of carbonyl (C=O) groups excluding carboxylic acids is 1. The molecule has 1 saturated carbocycles. The molecule has 0 bridgehead atoms. The Hall–Kier alpha value is -0.870. The molecule has 3 nitrogen and oxygen atoms in total. The second-order valence-electron chi connectivity index (χ2n) is 6.06. The number of aryl methyl sites for hydroxylation is 1. The van der Waals surface area contributed by atoms with Gasteiger partial charge in [-0.25, -0.2) is 0 Å². The summed E-state index contributed by atoms with van der Waals surface area (Å²) in [6.07, 6.45) is 3.80. The molecule has 2 N–H and O–H groups in total. The molecule has 1 aromatic rings. The van der Waals surface area contributed by atoms with Gasteiger partial charge >= 0.3 is 0 Å². The Kier molecular flexibility index (Phi) is 4.86. The van der Waals surface area contributed by atoms with Crippen LogP contribution in [0.25, 0.3) is 0 Å². The first-order valence-corrected chi connectivity index (χ1v) is 7.94. The summed E-state index contributed by atoms with van der Waals surface area (Å²) in [4.78, 5) is 12.4. The van der Waals surface area contributed by atoms with Crippen molar-refractivity contribution < 1.29 is 9.90 Å². The van der Waals surface area contributed by atoms with E-state index in [4.69, 9.17) is 0 Å². The predicted molar refractivity (Wildman–Crippen MR) is 83.8 cm³/mol. The highest BCUT2D eigenvalue weighted by atomic mass is 79.9. The summed E-state index contributed by atoms with van der Waals surface area (Å²) in [6, 6.07) is 5.68. The maximum Gasteiger partial charge on any atom is 0.252 e. The smallest absolute Gasteiger partial charge is 0.252 e. The standard InChI is InChI=1S/C16H22BrNO2/c1-11-5-7-16(10-19,8-6-11)18-15(20)13-4-3-12(2)9-14(13)17/h3-4,9,11,19H,5-8,10H2,1-2H3,(H,18,20). The average Bonchev–Trinajstić information content (AvgIpc) is 2.41. The molecule has 20 heavy (non-hydrogen) atoms. The molecule has 0 aromatic heterocycles. The van der Waals surface area contributed by atoms with Gasteiger partial charge in [-0.1, -0.05) is 13.0 Å². The molecular weight excluding hydrogens is 318 g/mol. The van der Waals surface area contributed by atoms with Crippen molar-refractivity contribution in [2.24, 2.45) is 5.92 Å². The van der Waals surface area contributed by atoms with Gasteiger partial charge in [0.25, 0.3) is 5.91 Å². The van der Waals surface area contributed by atoms with Gasteiger partial charge in [0.2, 0.25) is 0 Å². The van der Waals surface area contributed by atoms with Crippen LogP contribution in [0.15, 0.2) is 22.7 Å². The zero-order chi connectivity index (χ0) is 14.8. The summed E-state index contributed by atoms with van der Waals surface area (Å²) in [6.45, 7) is 4.22. The SMILES string of the molecule is Cc1ccc(C(=O)NC2(CO)CCC(C)CC2)c(Br)c1. The van der Waals surface area contributed by atoms with Crippen LogP contribution in [0.2, 0.25) is 0 Å². The fourth-order valence-electron chi connectivity index (χ4n) is 2.75. The van der Waals surface area contributed by atoms with Crippen molar-refractivity contribution in [3.05, 3.63) is 33.8 Å². The van der Waals surface area contributed by atoms with Crippen LogP contribution in [0.5, 0.6) is 0 Å². The van der Waals surface area contributed by atoms with Gasteiger partial charge in [0.05, 0.1) is 17.7 Å². The molecule has 0 aliphatic heterocycles. The van der Waals surface area contributed by atoms with Crippen LogP contribution in [0.4, 0.5) is 0 Å². The molecule has 1 aromatic carbocycles. The Bertz CT molecular complexity index is 493. The van der Waals surface area contributed by atoms with Crippen LogP contribution in [0.3, 0.4) is 0 Å². The highest BCUT2D eigenvalue weighted by Crippen LogP contribution is 2.32. The van der Waals surface area contributed by atoms with Crippen molar-refractivity contribution in [1.29, 1.82) is 0 Å². The number of hydrogen-bond acceptors (Lipinski definition) is 2. The zero-order valence-corrected chi connectivity index (χ0v) is 13.7. The van der Waals surface area contributed by atoms with Crippen molar-refractivity contribution in [2.45, 2.75) is 45.1 Å². The van der Waals surface area contributed by atoms with Gasteiger partial charge < -0.3 is 10.4 Å². The molecule has 2 rings (SSSR count). The molecular formula is C16H22BrNO2. The Morgan fingerprint density at radius 2 is 2.10 bits per heavy atom. The lowest BCUT2D eigenvalue weighted by atomic mass is 9.77. The molecule has 110 valence electrons. The third-order valence-electron chi connectivity index (χ3n) is 4.28. The van der Waals surface area contributed by atoms with E-state index in [0.717, 1.165) is 35.7 Å². The Balaban J connectivity index is 2.13. The number of amides is 1. The van der Waals surface area contributed by atoms with Gasteiger partial charge in [-0.05, 0) is 72.2 Å². The molecule has 1 amide bonds. The number of benzene rings is 1. The van der Waals surface area contributed by atoms with Crippen LogP contribution in [0.1, 0.15) is 48.5 Å². The molecule has 0 unspecified atom stereocenters. The van der Waals surface area contributed by atoms with Gasteiger partial charge in [-0.2, -0.15) is 0 Å². The number of rotatable bonds is 3. The summed E-state index contributed by atoms with van der Waals surface area (Å²) in [5, 5.41) is 12.8. The van der Waals surface area contributed by atoms with Crippen molar-refractivity contribution >= 4 is 21.8 Å². The van der Waals surface area contributed by atoms with Crippen LogP contribution in [-0.2, 0) is 0 Å². The monoisotopic (exact) mass is 339 g/mol. The van der Waals surface area contributed by atoms with E-state index in [-0.39, 0.29) is 12.5 Å². The van der Waals surface area contributed by atoms with E-state index in [1.54, 1.807) is 0 Å². The fourth-order valence-corrected chi connectivity index (χ4v) is 3.42.